The number of anilines is 1. The zero-order chi connectivity index (χ0) is 16.0. The molecule has 0 fully saturated rings. The summed E-state index contributed by atoms with van der Waals surface area (Å²) in [5.41, 5.74) is 5.25. The van der Waals surface area contributed by atoms with Gasteiger partial charge in [0, 0.05) is 5.69 Å². The van der Waals surface area contributed by atoms with Gasteiger partial charge in [-0.2, -0.15) is 0 Å². The second-order valence-electron chi connectivity index (χ2n) is 5.04. The molecule has 0 saturated carbocycles. The smallest absolute Gasteiger partial charge is 0.313 e. The molecule has 114 valence electrons. The second-order valence-corrected chi connectivity index (χ2v) is 5.04. The summed E-state index contributed by atoms with van der Waals surface area (Å²) in [6.45, 7) is 2.86. The zero-order valence-electron chi connectivity index (χ0n) is 12.0. The highest BCUT2D eigenvalue weighted by molar-refractivity contribution is 5.94. The van der Waals surface area contributed by atoms with Crippen LogP contribution in [0.3, 0.4) is 0 Å². The molecule has 1 aromatic carbocycles. The molecule has 7 heteroatoms. The number of amides is 2. The molecule has 0 aromatic heterocycles. The highest BCUT2D eigenvalue weighted by Gasteiger charge is 2.29. The highest BCUT2D eigenvalue weighted by Crippen LogP contribution is 2.24. The van der Waals surface area contributed by atoms with Crippen molar-refractivity contribution in [3.05, 3.63) is 29.8 Å². The quantitative estimate of drug-likeness (QED) is 0.591. The van der Waals surface area contributed by atoms with Crippen molar-refractivity contribution in [2.45, 2.75) is 19.3 Å². The maximum absolute atomic E-state index is 11.6. The number of rotatable bonds is 6. The molecule has 2 amide bonds. The molecule has 0 bridgehead atoms. The van der Waals surface area contributed by atoms with Crippen molar-refractivity contribution in [2.75, 3.05) is 18.4 Å². The van der Waals surface area contributed by atoms with Gasteiger partial charge >= 0.3 is 5.97 Å². The lowest BCUT2D eigenvalue weighted by Gasteiger charge is -2.19. The Morgan fingerprint density at radius 2 is 1.71 bits per heavy atom. The summed E-state index contributed by atoms with van der Waals surface area (Å²) in [6, 6.07) is 6.51. The van der Waals surface area contributed by atoms with Gasteiger partial charge in [0.25, 0.3) is 0 Å². The van der Waals surface area contributed by atoms with Crippen molar-refractivity contribution in [3.63, 3.8) is 0 Å². The molecule has 0 aliphatic rings. The van der Waals surface area contributed by atoms with Gasteiger partial charge in [0.1, 0.15) is 0 Å². The summed E-state index contributed by atoms with van der Waals surface area (Å²) in [5.74, 6) is -1.73. The van der Waals surface area contributed by atoms with Crippen molar-refractivity contribution >= 4 is 23.5 Å². The van der Waals surface area contributed by atoms with Crippen molar-refractivity contribution < 1.29 is 19.5 Å². The number of carboxylic acids is 1. The number of aliphatic carboxylic acids is 1. The monoisotopic (exact) mass is 293 g/mol. The van der Waals surface area contributed by atoms with Crippen LogP contribution in [-0.4, -0.2) is 36.0 Å². The molecule has 0 aliphatic carbocycles. The second kappa shape index (κ2) is 6.85. The normalized spacial score (nSPS) is 10.8. The lowest BCUT2D eigenvalue weighted by molar-refractivity contribution is -0.142. The third kappa shape index (κ3) is 4.57. The third-order valence-corrected chi connectivity index (χ3v) is 3.06. The van der Waals surface area contributed by atoms with E-state index in [1.807, 2.05) is 0 Å². The Kier molecular flexibility index (Phi) is 5.43. The van der Waals surface area contributed by atoms with E-state index in [1.165, 1.54) is 0 Å². The minimum atomic E-state index is -1.00. The van der Waals surface area contributed by atoms with Crippen LogP contribution in [0.5, 0.6) is 0 Å². The van der Waals surface area contributed by atoms with Gasteiger partial charge in [-0.15, -0.1) is 0 Å². The molecule has 0 unspecified atom stereocenters. The van der Waals surface area contributed by atoms with Crippen LogP contribution in [0.1, 0.15) is 19.4 Å². The maximum atomic E-state index is 11.6. The van der Waals surface area contributed by atoms with Crippen molar-refractivity contribution in [3.8, 4) is 0 Å². The molecule has 21 heavy (non-hydrogen) atoms. The van der Waals surface area contributed by atoms with Gasteiger partial charge in [-0.3, -0.25) is 14.4 Å². The number of hydrogen-bond donors (Lipinski definition) is 4. The van der Waals surface area contributed by atoms with Crippen LogP contribution in [-0.2, 0) is 19.8 Å². The topological polar surface area (TPSA) is 122 Å². The van der Waals surface area contributed by atoms with Crippen LogP contribution in [0, 0.1) is 0 Å². The molecule has 1 aromatic rings. The fraction of sp³-hybridized carbons (Fsp3) is 0.357. The van der Waals surface area contributed by atoms with E-state index >= 15 is 0 Å². The fourth-order valence-electron chi connectivity index (χ4n) is 1.55. The standard InChI is InChI=1S/C14H19N3O4/c1-14(2,13(20)21)9-3-5-10(6-4-9)17-12(19)8-16-11(18)7-15/h3-6H,7-8,15H2,1-2H3,(H,16,18)(H,17,19)(H,20,21). The number of benzene rings is 1. The van der Waals surface area contributed by atoms with E-state index in [0.717, 1.165) is 0 Å². The number of hydrogen-bond acceptors (Lipinski definition) is 4. The van der Waals surface area contributed by atoms with Crippen molar-refractivity contribution in [2.24, 2.45) is 5.73 Å². The molecule has 0 saturated heterocycles. The lowest BCUT2D eigenvalue weighted by atomic mass is 9.85. The van der Waals surface area contributed by atoms with E-state index < -0.39 is 17.3 Å². The number of carbonyl (C=O) groups excluding carboxylic acids is 2. The Balaban J connectivity index is 2.65. The molecule has 0 radical (unpaired) electrons. The minimum Gasteiger partial charge on any atom is -0.481 e. The Morgan fingerprint density at radius 3 is 2.19 bits per heavy atom. The van der Waals surface area contributed by atoms with Crippen LogP contribution in [0.25, 0.3) is 0 Å². The number of carboxylic acid groups (broad SMARTS) is 1. The molecular formula is C14H19N3O4. The average molecular weight is 293 g/mol. The molecule has 1 rings (SSSR count). The third-order valence-electron chi connectivity index (χ3n) is 3.06. The highest BCUT2D eigenvalue weighted by atomic mass is 16.4. The summed E-state index contributed by atoms with van der Waals surface area (Å²) in [7, 11) is 0. The molecular weight excluding hydrogens is 274 g/mol. The van der Waals surface area contributed by atoms with Gasteiger partial charge in [-0.25, -0.2) is 0 Å². The summed E-state index contributed by atoms with van der Waals surface area (Å²) in [6.07, 6.45) is 0. The largest absolute Gasteiger partial charge is 0.481 e. The van der Waals surface area contributed by atoms with E-state index in [9.17, 15) is 14.4 Å². The van der Waals surface area contributed by atoms with Crippen molar-refractivity contribution in [1.29, 1.82) is 0 Å². The number of carbonyl (C=O) groups is 3. The molecule has 0 spiro atoms. The van der Waals surface area contributed by atoms with Crippen LogP contribution in [0.4, 0.5) is 5.69 Å². The lowest BCUT2D eigenvalue weighted by Crippen LogP contribution is -2.36. The number of nitrogens with one attached hydrogen (secondary N) is 2. The predicted octanol–water partition coefficient (Wildman–Crippen LogP) is 0.0622. The van der Waals surface area contributed by atoms with E-state index in [1.54, 1.807) is 38.1 Å². The molecule has 7 nitrogen and oxygen atoms in total. The molecule has 0 heterocycles. The van der Waals surface area contributed by atoms with Gasteiger partial charge in [-0.1, -0.05) is 12.1 Å². The summed E-state index contributed by atoms with van der Waals surface area (Å²) >= 11 is 0. The van der Waals surface area contributed by atoms with Crippen LogP contribution in [0.15, 0.2) is 24.3 Å². The van der Waals surface area contributed by atoms with Gasteiger partial charge in [0.2, 0.25) is 11.8 Å². The first-order chi connectivity index (χ1) is 9.77. The van der Waals surface area contributed by atoms with Crippen LogP contribution >= 0.6 is 0 Å². The average Bonchev–Trinajstić information content (AvgIpc) is 2.45. The van der Waals surface area contributed by atoms with E-state index in [-0.39, 0.29) is 19.0 Å². The summed E-state index contributed by atoms with van der Waals surface area (Å²) in [5, 5.41) is 14.1. The first-order valence-electron chi connectivity index (χ1n) is 6.38. The van der Waals surface area contributed by atoms with Crippen LogP contribution in [0.2, 0.25) is 0 Å². The van der Waals surface area contributed by atoms with Crippen molar-refractivity contribution in [1.82, 2.24) is 5.32 Å². The molecule has 0 aliphatic heterocycles. The molecule has 5 N–H and O–H groups in total. The van der Waals surface area contributed by atoms with E-state index in [2.05, 4.69) is 10.6 Å². The minimum absolute atomic E-state index is 0.168. The summed E-state index contributed by atoms with van der Waals surface area (Å²) in [4.78, 5) is 33.6. The number of nitrogens with two attached hydrogens (primary N) is 1. The molecule has 0 atom stereocenters. The Morgan fingerprint density at radius 1 is 1.14 bits per heavy atom. The van der Waals surface area contributed by atoms with E-state index in [4.69, 9.17) is 10.8 Å². The van der Waals surface area contributed by atoms with Gasteiger partial charge in [0.15, 0.2) is 0 Å². The Hall–Kier alpha value is -2.41. The SMILES string of the molecule is CC(C)(C(=O)O)c1ccc(NC(=O)CNC(=O)CN)cc1. The Labute approximate surface area is 122 Å². The fourth-order valence-corrected chi connectivity index (χ4v) is 1.55. The first-order valence-corrected chi connectivity index (χ1v) is 6.38. The van der Waals surface area contributed by atoms with Gasteiger partial charge in [0.05, 0.1) is 18.5 Å². The van der Waals surface area contributed by atoms with Crippen LogP contribution < -0.4 is 16.4 Å². The zero-order valence-corrected chi connectivity index (χ0v) is 12.0. The van der Waals surface area contributed by atoms with Gasteiger partial charge < -0.3 is 21.5 Å². The van der Waals surface area contributed by atoms with E-state index in [0.29, 0.717) is 11.3 Å². The summed E-state index contributed by atoms with van der Waals surface area (Å²) < 4.78 is 0. The van der Waals surface area contributed by atoms with Gasteiger partial charge in [-0.05, 0) is 31.5 Å². The maximum Gasteiger partial charge on any atom is 0.313 e. The predicted molar refractivity (Wildman–Crippen MR) is 77.8 cm³/mol. The Bertz CT molecular complexity index is 538. The first kappa shape index (κ1) is 16.6.